The number of carbonyl (C=O) groups is 1. The molecule has 5 nitrogen and oxygen atoms in total. The molecule has 1 fully saturated rings. The molecule has 22 heavy (non-hydrogen) atoms. The number of amides is 1. The van der Waals surface area contributed by atoms with Gasteiger partial charge in [0.2, 0.25) is 11.5 Å². The quantitative estimate of drug-likeness (QED) is 0.437. The maximum Gasteiger partial charge on any atom is 0.297 e. The molecule has 1 saturated heterocycles. The summed E-state index contributed by atoms with van der Waals surface area (Å²) in [6, 6.07) is 5.87. The lowest BCUT2D eigenvalue weighted by Crippen LogP contribution is -2.36. The van der Waals surface area contributed by atoms with Crippen LogP contribution >= 0.6 is 12.2 Å². The van der Waals surface area contributed by atoms with Crippen LogP contribution in [0.25, 0.3) is 6.08 Å². The number of carbonyl (C=O) groups excluding carboxylic acids is 1. The first-order valence-corrected chi connectivity index (χ1v) is 7.81. The first kappa shape index (κ1) is 16.6. The number of thiocarbonyl (C=S) groups is 1. The maximum atomic E-state index is 12.3. The first-order chi connectivity index (χ1) is 10.7. The van der Waals surface area contributed by atoms with Crippen LogP contribution in [0.3, 0.4) is 0 Å². The Hall–Kier alpha value is -1.79. The van der Waals surface area contributed by atoms with E-state index in [2.05, 4.69) is 11.5 Å². The van der Waals surface area contributed by atoms with Gasteiger partial charge in [-0.1, -0.05) is 13.3 Å². The number of hydrogen-bond donors (Lipinski definition) is 0. The number of unbranched alkanes of at least 4 members (excludes halogenated alkanes) is 1. The van der Waals surface area contributed by atoms with E-state index in [1.165, 1.54) is 4.90 Å². The molecule has 0 spiro atoms. The van der Waals surface area contributed by atoms with Crippen molar-refractivity contribution in [2.75, 3.05) is 20.3 Å². The molecule has 1 amide bonds. The molecule has 2 heterocycles. The van der Waals surface area contributed by atoms with Crippen LogP contribution in [0.4, 0.5) is 0 Å². The van der Waals surface area contributed by atoms with Crippen molar-refractivity contribution < 1.29 is 18.8 Å². The minimum Gasteiger partial charge on any atom is -0.425 e. The Labute approximate surface area is 136 Å². The van der Waals surface area contributed by atoms with Gasteiger partial charge in [-0.3, -0.25) is 9.69 Å². The molecule has 1 aliphatic heterocycles. The van der Waals surface area contributed by atoms with E-state index < -0.39 is 0 Å². The number of rotatable bonds is 7. The zero-order chi connectivity index (χ0) is 15.9. The van der Waals surface area contributed by atoms with E-state index in [0.29, 0.717) is 13.2 Å². The predicted octanol–water partition coefficient (Wildman–Crippen LogP) is 1.91. The molecule has 0 N–H and O–H groups in total. The van der Waals surface area contributed by atoms with Crippen LogP contribution in [-0.2, 0) is 20.8 Å². The highest BCUT2D eigenvalue weighted by Gasteiger charge is 2.33. The minimum atomic E-state index is -0.215. The SMILES string of the molecule is CCCC[n+]1ccccc1/C=C1/OC(=S)N(CCOC)C1=O. The van der Waals surface area contributed by atoms with E-state index in [1.54, 1.807) is 13.2 Å². The van der Waals surface area contributed by atoms with Crippen LogP contribution in [0.1, 0.15) is 25.5 Å². The minimum absolute atomic E-state index is 0.185. The van der Waals surface area contributed by atoms with E-state index in [1.807, 2.05) is 24.4 Å². The molecule has 1 aromatic rings. The Morgan fingerprint density at radius 3 is 3.00 bits per heavy atom. The number of pyridine rings is 1. The smallest absolute Gasteiger partial charge is 0.297 e. The second-order valence-electron chi connectivity index (χ2n) is 5.00. The highest BCUT2D eigenvalue weighted by atomic mass is 32.1. The Bertz CT molecular complexity index is 587. The molecule has 6 heteroatoms. The van der Waals surface area contributed by atoms with Gasteiger partial charge in [-0.25, -0.2) is 0 Å². The van der Waals surface area contributed by atoms with Gasteiger partial charge in [0, 0.05) is 25.7 Å². The molecule has 118 valence electrons. The molecule has 1 aromatic heterocycles. The second-order valence-corrected chi connectivity index (χ2v) is 5.35. The summed E-state index contributed by atoms with van der Waals surface area (Å²) in [5, 5.41) is 0.185. The van der Waals surface area contributed by atoms with E-state index in [9.17, 15) is 4.79 Å². The normalized spacial score (nSPS) is 16.5. The third-order valence-corrected chi connectivity index (χ3v) is 3.70. The van der Waals surface area contributed by atoms with E-state index in [4.69, 9.17) is 21.7 Å². The molecule has 0 aliphatic carbocycles. The van der Waals surface area contributed by atoms with Gasteiger partial charge in [0.15, 0.2) is 6.20 Å². The van der Waals surface area contributed by atoms with Crippen LogP contribution in [0.5, 0.6) is 0 Å². The van der Waals surface area contributed by atoms with Crippen molar-refractivity contribution >= 4 is 29.4 Å². The van der Waals surface area contributed by atoms with E-state index >= 15 is 0 Å². The van der Waals surface area contributed by atoms with Gasteiger partial charge in [-0.05, 0) is 18.3 Å². The Morgan fingerprint density at radius 2 is 2.27 bits per heavy atom. The van der Waals surface area contributed by atoms with E-state index in [-0.39, 0.29) is 16.8 Å². The van der Waals surface area contributed by atoms with Crippen molar-refractivity contribution in [3.8, 4) is 0 Å². The average molecular weight is 321 g/mol. The molecule has 0 aromatic carbocycles. The fourth-order valence-electron chi connectivity index (χ4n) is 2.16. The summed E-state index contributed by atoms with van der Waals surface area (Å²) in [6.07, 6.45) is 5.94. The summed E-state index contributed by atoms with van der Waals surface area (Å²) in [5.74, 6) is 0.0468. The maximum absolute atomic E-state index is 12.3. The van der Waals surface area contributed by atoms with E-state index in [0.717, 1.165) is 25.1 Å². The van der Waals surface area contributed by atoms with Crippen molar-refractivity contribution in [2.45, 2.75) is 26.3 Å². The Kier molecular flexibility index (Phi) is 6.03. The van der Waals surface area contributed by atoms with Crippen LogP contribution < -0.4 is 4.57 Å². The summed E-state index contributed by atoms with van der Waals surface area (Å²) in [6.45, 7) is 3.88. The van der Waals surface area contributed by atoms with Gasteiger partial charge in [-0.15, -0.1) is 0 Å². The van der Waals surface area contributed by atoms with Crippen LogP contribution in [0.15, 0.2) is 30.2 Å². The molecule has 0 unspecified atom stereocenters. The predicted molar refractivity (Wildman–Crippen MR) is 86.8 cm³/mol. The fraction of sp³-hybridized carbons (Fsp3) is 0.438. The third kappa shape index (κ3) is 3.90. The number of nitrogens with zero attached hydrogens (tertiary/aromatic N) is 2. The number of ether oxygens (including phenoxy) is 2. The van der Waals surface area contributed by atoms with Gasteiger partial charge in [0.05, 0.1) is 19.2 Å². The monoisotopic (exact) mass is 321 g/mol. The summed E-state index contributed by atoms with van der Waals surface area (Å²) in [4.78, 5) is 13.8. The molecular weight excluding hydrogens is 300 g/mol. The summed E-state index contributed by atoms with van der Waals surface area (Å²) >= 11 is 5.11. The highest BCUT2D eigenvalue weighted by molar-refractivity contribution is 7.80. The lowest BCUT2D eigenvalue weighted by molar-refractivity contribution is -0.699. The standard InChI is InChI=1S/C16H21N2O3S/c1-3-4-8-17-9-6-5-7-13(17)12-14-15(19)18(10-11-20-2)16(22)21-14/h5-7,9,12H,3-4,8,10-11H2,1-2H3/q+1/b14-12+. The zero-order valence-corrected chi connectivity index (χ0v) is 13.8. The lowest BCUT2D eigenvalue weighted by atomic mass is 10.2. The van der Waals surface area contributed by atoms with Crippen LogP contribution in [0, 0.1) is 0 Å². The lowest BCUT2D eigenvalue weighted by Gasteiger charge is -2.10. The average Bonchev–Trinajstić information content (AvgIpc) is 2.78. The Balaban J connectivity index is 2.19. The molecule has 2 rings (SSSR count). The van der Waals surface area contributed by atoms with Gasteiger partial charge in [-0.2, -0.15) is 4.57 Å². The van der Waals surface area contributed by atoms with Crippen LogP contribution in [-0.4, -0.2) is 36.2 Å². The zero-order valence-electron chi connectivity index (χ0n) is 12.9. The van der Waals surface area contributed by atoms with Gasteiger partial charge in [0.1, 0.15) is 6.54 Å². The van der Waals surface area contributed by atoms with Crippen molar-refractivity contribution in [1.82, 2.24) is 4.90 Å². The molecular formula is C16H21N2O3S+. The third-order valence-electron chi connectivity index (χ3n) is 3.40. The largest absolute Gasteiger partial charge is 0.425 e. The topological polar surface area (TPSA) is 42.7 Å². The molecule has 1 aliphatic rings. The second kappa shape index (κ2) is 8.00. The number of aryl methyl sites for hydroxylation is 1. The molecule has 0 atom stereocenters. The number of methoxy groups -OCH3 is 1. The van der Waals surface area contributed by atoms with Crippen molar-refractivity contribution in [1.29, 1.82) is 0 Å². The fourth-order valence-corrected chi connectivity index (χ4v) is 2.43. The number of hydrogen-bond acceptors (Lipinski definition) is 4. The molecule has 0 saturated carbocycles. The van der Waals surface area contributed by atoms with Crippen molar-refractivity contribution in [2.24, 2.45) is 0 Å². The van der Waals surface area contributed by atoms with Gasteiger partial charge in [0.25, 0.3) is 11.1 Å². The van der Waals surface area contributed by atoms with Crippen LogP contribution in [0.2, 0.25) is 0 Å². The van der Waals surface area contributed by atoms with Crippen molar-refractivity contribution in [3.05, 3.63) is 35.8 Å². The van der Waals surface area contributed by atoms with Crippen molar-refractivity contribution in [3.63, 3.8) is 0 Å². The summed E-state index contributed by atoms with van der Waals surface area (Å²) in [7, 11) is 1.59. The van der Waals surface area contributed by atoms with Gasteiger partial charge >= 0.3 is 0 Å². The Morgan fingerprint density at radius 1 is 1.45 bits per heavy atom. The number of aromatic nitrogens is 1. The molecule has 0 bridgehead atoms. The first-order valence-electron chi connectivity index (χ1n) is 7.40. The highest BCUT2D eigenvalue weighted by Crippen LogP contribution is 2.18. The van der Waals surface area contributed by atoms with Gasteiger partial charge < -0.3 is 9.47 Å². The molecule has 0 radical (unpaired) electrons. The summed E-state index contributed by atoms with van der Waals surface area (Å²) in [5.41, 5.74) is 0.927. The summed E-state index contributed by atoms with van der Waals surface area (Å²) < 4.78 is 12.5.